The van der Waals surface area contributed by atoms with Gasteiger partial charge in [-0.05, 0) is 42.7 Å². The highest BCUT2D eigenvalue weighted by atomic mass is 35.5. The topological polar surface area (TPSA) is 89.8 Å². The van der Waals surface area contributed by atoms with E-state index < -0.39 is 33.5 Å². The van der Waals surface area contributed by atoms with Gasteiger partial charge in [0.1, 0.15) is 0 Å². The highest BCUT2D eigenvalue weighted by Crippen LogP contribution is 2.45. The molecule has 54 heavy (non-hydrogen) atoms. The molecular formula is C45H56ClN2O5S+. The number of carbonyl (C=O) groups is 1. The van der Waals surface area contributed by atoms with E-state index in [-0.39, 0.29) is 22.9 Å². The van der Waals surface area contributed by atoms with E-state index in [1.54, 1.807) is 23.5 Å². The van der Waals surface area contributed by atoms with Crippen LogP contribution in [-0.4, -0.2) is 28.3 Å². The Morgan fingerprint density at radius 1 is 0.815 bits per heavy atom. The molecule has 0 heterocycles. The summed E-state index contributed by atoms with van der Waals surface area (Å²) in [6, 6.07) is 31.4. The lowest BCUT2D eigenvalue weighted by Gasteiger charge is -2.37. The molecule has 0 radical (unpaired) electrons. The third-order valence-electron chi connectivity index (χ3n) is 10.8. The van der Waals surface area contributed by atoms with Crippen LogP contribution in [-0.2, 0) is 30.3 Å². The van der Waals surface area contributed by atoms with Crippen LogP contribution < -0.4 is 0 Å². The Balaban J connectivity index is 1.52. The van der Waals surface area contributed by atoms with Gasteiger partial charge in [-0.1, -0.05) is 172 Å². The van der Waals surface area contributed by atoms with Gasteiger partial charge in [0, 0.05) is 40.9 Å². The van der Waals surface area contributed by atoms with Crippen molar-refractivity contribution in [2.45, 2.75) is 120 Å². The summed E-state index contributed by atoms with van der Waals surface area (Å²) in [5.74, 6) is 0.123. The van der Waals surface area contributed by atoms with Gasteiger partial charge in [-0.3, -0.25) is 14.9 Å². The molecule has 4 aromatic carbocycles. The van der Waals surface area contributed by atoms with Crippen LogP contribution in [0, 0.1) is 16.0 Å². The minimum atomic E-state index is -2.37. The Hall–Kier alpha value is -3.85. The summed E-state index contributed by atoms with van der Waals surface area (Å²) in [6.45, 7) is 4.07. The Morgan fingerprint density at radius 2 is 1.35 bits per heavy atom. The third-order valence-corrected chi connectivity index (χ3v) is 12.9. The molecule has 0 saturated heterocycles. The summed E-state index contributed by atoms with van der Waals surface area (Å²) in [6.07, 6.45) is 14.4. The number of para-hydroxylation sites is 1. The van der Waals surface area contributed by atoms with Crippen molar-refractivity contribution in [3.63, 3.8) is 0 Å². The predicted molar refractivity (Wildman–Crippen MR) is 220 cm³/mol. The maximum atomic E-state index is 14.5. The number of ether oxygens (including phenoxy) is 1. The van der Waals surface area contributed by atoms with Crippen molar-refractivity contribution in [1.29, 1.82) is 0 Å². The smallest absolute Gasteiger partial charge is 0.325 e. The fourth-order valence-corrected chi connectivity index (χ4v) is 9.62. The first-order valence-electron chi connectivity index (χ1n) is 19.7. The van der Waals surface area contributed by atoms with E-state index in [0.29, 0.717) is 22.9 Å². The van der Waals surface area contributed by atoms with Crippen molar-refractivity contribution < 1.29 is 18.7 Å². The number of esters is 1. The molecular weight excluding hydrogens is 716 g/mol. The number of carbonyl (C=O) groups excluding carboxylic acids is 1. The maximum absolute atomic E-state index is 14.5. The lowest BCUT2D eigenvalue weighted by atomic mass is 9.78. The number of nitro groups is 1. The van der Waals surface area contributed by atoms with Gasteiger partial charge in [0.2, 0.25) is 0 Å². The Morgan fingerprint density at radius 3 is 1.94 bits per heavy atom. The Bertz CT molecular complexity index is 1820. The van der Waals surface area contributed by atoms with Gasteiger partial charge >= 0.3 is 11.7 Å². The van der Waals surface area contributed by atoms with Gasteiger partial charge in [0.05, 0.1) is 17.4 Å². The largest absolute Gasteiger partial charge is 0.444 e. The molecule has 1 fully saturated rings. The molecule has 7 nitrogen and oxygen atoms in total. The summed E-state index contributed by atoms with van der Waals surface area (Å²) in [5.41, 5.74) is 1.89. The quantitative estimate of drug-likeness (QED) is 0.0337. The summed E-state index contributed by atoms with van der Waals surface area (Å²) < 4.78 is 22.3. The Labute approximate surface area is 329 Å². The number of halogens is 1. The lowest BCUT2D eigenvalue weighted by Crippen LogP contribution is -2.40. The summed E-state index contributed by atoms with van der Waals surface area (Å²) in [4.78, 5) is 26.0. The van der Waals surface area contributed by atoms with Crippen LogP contribution in [0.25, 0.3) is 0 Å². The highest BCUT2D eigenvalue weighted by molar-refractivity contribution is 7.82. The number of rotatable bonds is 13. The summed E-state index contributed by atoms with van der Waals surface area (Å²) in [7, 11) is -0.705. The van der Waals surface area contributed by atoms with Gasteiger partial charge in [-0.15, -0.1) is 4.31 Å². The second-order valence-electron chi connectivity index (χ2n) is 15.2. The van der Waals surface area contributed by atoms with Crippen LogP contribution in [0.4, 0.5) is 5.69 Å². The molecule has 1 aliphatic rings. The van der Waals surface area contributed by atoms with Crippen molar-refractivity contribution in [3.05, 3.63) is 141 Å². The molecule has 1 aliphatic carbocycles. The van der Waals surface area contributed by atoms with Crippen molar-refractivity contribution in [2.75, 3.05) is 7.05 Å². The van der Waals surface area contributed by atoms with Gasteiger partial charge < -0.3 is 4.74 Å². The van der Waals surface area contributed by atoms with E-state index in [2.05, 4.69) is 24.3 Å². The molecule has 0 N–H and O–H groups in total. The van der Waals surface area contributed by atoms with E-state index >= 15 is 0 Å². The SMILES string of the molecule is CC(C)CC(CC(=O)OC(c1ccccc1)(c1ccc(C2CCCCCCCCCCC2)cc1)c1ccccc1Cl)N(C)[SH+](=O)c1ccccc1[N+](=O)[O-]. The van der Waals surface area contributed by atoms with Crippen molar-refractivity contribution in [2.24, 2.45) is 5.92 Å². The van der Waals surface area contributed by atoms with E-state index in [4.69, 9.17) is 16.3 Å². The molecule has 288 valence electrons. The second kappa shape index (κ2) is 20.2. The fourth-order valence-electron chi connectivity index (χ4n) is 7.97. The van der Waals surface area contributed by atoms with E-state index in [1.807, 2.05) is 68.4 Å². The first kappa shape index (κ1) is 41.3. The number of thiol groups is 1. The highest BCUT2D eigenvalue weighted by Gasteiger charge is 2.43. The minimum Gasteiger partial charge on any atom is -0.444 e. The normalized spacial score (nSPS) is 17.1. The van der Waals surface area contributed by atoms with E-state index in [9.17, 15) is 19.1 Å². The predicted octanol–water partition coefficient (Wildman–Crippen LogP) is 11.9. The molecule has 5 rings (SSSR count). The van der Waals surface area contributed by atoms with Crippen LogP contribution in [0.1, 0.15) is 125 Å². The van der Waals surface area contributed by atoms with Gasteiger partial charge in [0.15, 0.2) is 16.6 Å². The molecule has 0 aromatic heterocycles. The first-order valence-corrected chi connectivity index (χ1v) is 21.3. The van der Waals surface area contributed by atoms with Gasteiger partial charge in [-0.2, -0.15) is 0 Å². The molecule has 3 atom stereocenters. The lowest BCUT2D eigenvalue weighted by molar-refractivity contribution is -0.387. The number of hydrogen-bond donors (Lipinski definition) is 0. The van der Waals surface area contributed by atoms with Crippen molar-refractivity contribution >= 4 is 34.2 Å². The number of nitro benzene ring substituents is 1. The van der Waals surface area contributed by atoms with Crippen molar-refractivity contribution in [1.82, 2.24) is 4.31 Å². The average Bonchev–Trinajstić information content (AvgIpc) is 3.17. The molecule has 0 aliphatic heterocycles. The van der Waals surface area contributed by atoms with Crippen LogP contribution in [0.15, 0.2) is 108 Å². The van der Waals surface area contributed by atoms with Crippen LogP contribution in [0.2, 0.25) is 5.02 Å². The first-order chi connectivity index (χ1) is 26.1. The number of benzene rings is 4. The maximum Gasteiger partial charge on any atom is 0.325 e. The van der Waals surface area contributed by atoms with Crippen LogP contribution >= 0.6 is 11.6 Å². The van der Waals surface area contributed by atoms with Gasteiger partial charge in [0.25, 0.3) is 4.90 Å². The minimum absolute atomic E-state index is 0.0877. The second-order valence-corrected chi connectivity index (χ2v) is 17.2. The van der Waals surface area contributed by atoms with Crippen LogP contribution in [0.3, 0.4) is 0 Å². The molecule has 0 bridgehead atoms. The zero-order valence-electron chi connectivity index (χ0n) is 32.0. The molecule has 1 saturated carbocycles. The number of nitrogens with zero attached hydrogens (tertiary/aromatic N) is 2. The zero-order chi connectivity index (χ0) is 38.5. The van der Waals surface area contributed by atoms with Crippen LogP contribution in [0.5, 0.6) is 0 Å². The molecule has 3 unspecified atom stereocenters. The monoisotopic (exact) mass is 771 g/mol. The summed E-state index contributed by atoms with van der Waals surface area (Å²) in [5, 5.41) is 12.3. The molecule has 4 aromatic rings. The molecule has 0 amide bonds. The average molecular weight is 772 g/mol. The third kappa shape index (κ3) is 10.5. The van der Waals surface area contributed by atoms with Gasteiger partial charge in [-0.25, -0.2) is 0 Å². The molecule has 0 spiro atoms. The molecule has 9 heteroatoms. The van der Waals surface area contributed by atoms with E-state index in [1.165, 1.54) is 88.3 Å². The number of hydrogen-bond acceptors (Lipinski definition) is 5. The standard InChI is InChI=1S/C45H55ClN2O5S/c1-34(2)32-39(47(3)54(52)43-27-19-18-26-42(43)48(50)51)33-44(49)53-45(37-22-14-11-15-23-37,40-24-16-17-25-41(40)46)38-30-28-36(29-31-38)35-20-12-9-7-5-4-6-8-10-13-21-35/h11,14-19,22-31,34-35,39H,4-10,12-13,20-21,32-33H2,1-3H3/p+1. The van der Waals surface area contributed by atoms with E-state index in [0.717, 1.165) is 11.1 Å². The van der Waals surface area contributed by atoms with Crippen molar-refractivity contribution in [3.8, 4) is 0 Å². The zero-order valence-corrected chi connectivity index (χ0v) is 33.7. The summed E-state index contributed by atoms with van der Waals surface area (Å²) >= 11 is 7.01. The fraction of sp³-hybridized carbons (Fsp3) is 0.444. The Kier molecular flexibility index (Phi) is 15.4.